The van der Waals surface area contributed by atoms with Crippen LogP contribution in [0, 0.1) is 6.92 Å². The van der Waals surface area contributed by atoms with Gasteiger partial charge in [-0.2, -0.15) is 0 Å². The number of hydrogen-bond acceptors (Lipinski definition) is 4. The van der Waals surface area contributed by atoms with Crippen molar-refractivity contribution in [2.24, 2.45) is 4.99 Å². The predicted octanol–water partition coefficient (Wildman–Crippen LogP) is 3.19. The summed E-state index contributed by atoms with van der Waals surface area (Å²) < 4.78 is 11.0. The molecule has 7 heteroatoms. The van der Waals surface area contributed by atoms with E-state index < -0.39 is 0 Å². The van der Waals surface area contributed by atoms with Crippen molar-refractivity contribution in [3.8, 4) is 11.5 Å². The number of ether oxygens (including phenoxy) is 2. The van der Waals surface area contributed by atoms with Crippen LogP contribution < -0.4 is 20.1 Å². The molecule has 0 atom stereocenters. The highest BCUT2D eigenvalue weighted by Gasteiger charge is 2.01. The molecule has 0 aliphatic carbocycles. The fourth-order valence-corrected chi connectivity index (χ4v) is 2.43. The number of guanidine groups is 1. The first-order valence-electron chi connectivity index (χ1n) is 8.91. The van der Waals surface area contributed by atoms with Gasteiger partial charge in [0, 0.05) is 19.3 Å². The van der Waals surface area contributed by atoms with Gasteiger partial charge in [0.1, 0.15) is 18.1 Å². The number of rotatable bonds is 9. The number of nitrogens with one attached hydrogen (secondary N) is 2. The van der Waals surface area contributed by atoms with E-state index in [1.54, 1.807) is 19.5 Å². The zero-order valence-electron chi connectivity index (χ0n) is 16.2. The van der Waals surface area contributed by atoms with Crippen LogP contribution in [0.15, 0.2) is 47.7 Å². The van der Waals surface area contributed by atoms with Gasteiger partial charge in [0.25, 0.3) is 0 Å². The molecule has 0 aliphatic heterocycles. The second-order valence-electron chi connectivity index (χ2n) is 5.78. The molecule has 0 spiro atoms. The molecule has 0 radical (unpaired) electrons. The first-order valence-corrected chi connectivity index (χ1v) is 8.91. The van der Waals surface area contributed by atoms with Gasteiger partial charge in [-0.15, -0.1) is 24.0 Å². The number of benzene rings is 1. The third-order valence-electron chi connectivity index (χ3n) is 3.78. The number of aliphatic imine (C=N–C) groups is 1. The summed E-state index contributed by atoms with van der Waals surface area (Å²) in [5.74, 6) is 2.48. The number of aryl methyl sites for hydroxylation is 1. The molecule has 148 valence electrons. The fourth-order valence-electron chi connectivity index (χ4n) is 2.43. The van der Waals surface area contributed by atoms with Gasteiger partial charge in [-0.1, -0.05) is 12.1 Å². The summed E-state index contributed by atoms with van der Waals surface area (Å²) in [5.41, 5.74) is 2.36. The van der Waals surface area contributed by atoms with E-state index in [1.807, 2.05) is 26.0 Å². The molecule has 0 fully saturated rings. The molecule has 0 aliphatic rings. The van der Waals surface area contributed by atoms with Gasteiger partial charge in [0.2, 0.25) is 0 Å². The Hall–Kier alpha value is -2.03. The van der Waals surface area contributed by atoms with Gasteiger partial charge in [-0.25, -0.2) is 0 Å². The lowest BCUT2D eigenvalue weighted by molar-refractivity contribution is 0.320. The molecule has 0 bridgehead atoms. The van der Waals surface area contributed by atoms with Crippen LogP contribution in [0.5, 0.6) is 11.5 Å². The number of aromatic nitrogens is 1. The molecule has 1 aromatic carbocycles. The van der Waals surface area contributed by atoms with Crippen molar-refractivity contribution in [3.63, 3.8) is 0 Å². The van der Waals surface area contributed by atoms with Crippen LogP contribution in [0.2, 0.25) is 0 Å². The number of nitrogens with zero attached hydrogens (tertiary/aromatic N) is 2. The summed E-state index contributed by atoms with van der Waals surface area (Å²) in [7, 11) is 1.70. The Balaban J connectivity index is 0.00000364. The maximum absolute atomic E-state index is 5.62. The minimum absolute atomic E-state index is 0. The summed E-state index contributed by atoms with van der Waals surface area (Å²) in [6.45, 7) is 6.82. The second kappa shape index (κ2) is 13.2. The fraction of sp³-hybridized carbons (Fsp3) is 0.400. The normalized spacial score (nSPS) is 10.7. The largest absolute Gasteiger partial charge is 0.496 e. The summed E-state index contributed by atoms with van der Waals surface area (Å²) in [6, 6.07) is 10.0. The lowest BCUT2D eigenvalue weighted by atomic mass is 10.1. The van der Waals surface area contributed by atoms with Crippen LogP contribution in [0.25, 0.3) is 0 Å². The summed E-state index contributed by atoms with van der Waals surface area (Å²) >= 11 is 0. The molecule has 0 amide bonds. The Morgan fingerprint density at radius 2 is 2.07 bits per heavy atom. The second-order valence-corrected chi connectivity index (χ2v) is 5.78. The Morgan fingerprint density at radius 3 is 2.78 bits per heavy atom. The van der Waals surface area contributed by atoms with Crippen molar-refractivity contribution in [3.05, 3.63) is 53.9 Å². The highest BCUT2D eigenvalue weighted by molar-refractivity contribution is 14.0. The van der Waals surface area contributed by atoms with E-state index in [0.29, 0.717) is 19.7 Å². The van der Waals surface area contributed by atoms with Gasteiger partial charge >= 0.3 is 0 Å². The summed E-state index contributed by atoms with van der Waals surface area (Å²) in [5, 5.41) is 6.52. The monoisotopic (exact) mass is 484 g/mol. The molecule has 0 saturated carbocycles. The molecule has 0 unspecified atom stereocenters. The molecule has 2 aromatic rings. The summed E-state index contributed by atoms with van der Waals surface area (Å²) in [6.07, 6.45) is 4.29. The molecule has 1 heterocycles. The van der Waals surface area contributed by atoms with Gasteiger partial charge < -0.3 is 20.1 Å². The number of methoxy groups -OCH3 is 1. The van der Waals surface area contributed by atoms with Gasteiger partial charge in [0.15, 0.2) is 5.96 Å². The van der Waals surface area contributed by atoms with E-state index in [9.17, 15) is 0 Å². The third kappa shape index (κ3) is 8.47. The van der Waals surface area contributed by atoms with Crippen molar-refractivity contribution < 1.29 is 9.47 Å². The van der Waals surface area contributed by atoms with Crippen molar-refractivity contribution in [1.82, 2.24) is 15.6 Å². The van der Waals surface area contributed by atoms with Crippen molar-refractivity contribution in [2.45, 2.75) is 20.3 Å². The molecule has 1 aromatic heterocycles. The first-order chi connectivity index (χ1) is 12.7. The zero-order valence-corrected chi connectivity index (χ0v) is 18.5. The van der Waals surface area contributed by atoms with Crippen LogP contribution in [0.3, 0.4) is 0 Å². The van der Waals surface area contributed by atoms with Gasteiger partial charge in [-0.3, -0.25) is 9.98 Å². The summed E-state index contributed by atoms with van der Waals surface area (Å²) in [4.78, 5) is 8.64. The van der Waals surface area contributed by atoms with Gasteiger partial charge in [0.05, 0.1) is 19.9 Å². The van der Waals surface area contributed by atoms with Crippen molar-refractivity contribution in [2.75, 3.05) is 33.4 Å². The van der Waals surface area contributed by atoms with E-state index >= 15 is 0 Å². The van der Waals surface area contributed by atoms with E-state index in [4.69, 9.17) is 9.47 Å². The maximum atomic E-state index is 5.62. The highest BCUT2D eigenvalue weighted by Crippen LogP contribution is 2.19. The maximum Gasteiger partial charge on any atom is 0.191 e. The van der Waals surface area contributed by atoms with E-state index in [1.165, 1.54) is 5.56 Å². The molecule has 27 heavy (non-hydrogen) atoms. The number of hydrogen-bond donors (Lipinski definition) is 2. The minimum Gasteiger partial charge on any atom is -0.496 e. The first kappa shape index (κ1) is 23.0. The standard InChI is InChI=1S/C20H28N4O2.HI/c1-4-22-20(24-12-13-26-18-6-5-10-21-15-18)23-11-9-17-8-7-16(2)19(14-17)25-3;/h5-8,10,14-15H,4,9,11-13H2,1-3H3,(H2,22,23,24);1H. The Morgan fingerprint density at radius 1 is 1.22 bits per heavy atom. The average Bonchev–Trinajstić information content (AvgIpc) is 2.67. The van der Waals surface area contributed by atoms with Crippen LogP contribution in [-0.4, -0.2) is 44.3 Å². The number of pyridine rings is 1. The molecular formula is C20H29IN4O2. The molecular weight excluding hydrogens is 455 g/mol. The Kier molecular flexibility index (Phi) is 11.2. The van der Waals surface area contributed by atoms with Crippen LogP contribution in [0.4, 0.5) is 0 Å². The molecule has 2 rings (SSSR count). The van der Waals surface area contributed by atoms with Crippen LogP contribution >= 0.6 is 24.0 Å². The van der Waals surface area contributed by atoms with Crippen LogP contribution in [-0.2, 0) is 6.42 Å². The number of halogens is 1. The lowest BCUT2D eigenvalue weighted by Crippen LogP contribution is -2.39. The highest BCUT2D eigenvalue weighted by atomic mass is 127. The minimum atomic E-state index is 0. The SMILES string of the molecule is CCNC(=NCCc1ccc(C)c(OC)c1)NCCOc1cccnc1.I. The van der Waals surface area contributed by atoms with Crippen molar-refractivity contribution in [1.29, 1.82) is 0 Å². The van der Waals surface area contributed by atoms with E-state index in [2.05, 4.69) is 38.8 Å². The predicted molar refractivity (Wildman–Crippen MR) is 121 cm³/mol. The Labute approximate surface area is 178 Å². The molecule has 2 N–H and O–H groups in total. The van der Waals surface area contributed by atoms with Crippen LogP contribution in [0.1, 0.15) is 18.1 Å². The van der Waals surface area contributed by atoms with E-state index in [-0.39, 0.29) is 24.0 Å². The van der Waals surface area contributed by atoms with E-state index in [0.717, 1.165) is 36.0 Å². The molecule has 0 saturated heterocycles. The smallest absolute Gasteiger partial charge is 0.191 e. The average molecular weight is 484 g/mol. The molecule has 6 nitrogen and oxygen atoms in total. The Bertz CT molecular complexity index is 696. The quantitative estimate of drug-likeness (QED) is 0.248. The third-order valence-corrected chi connectivity index (χ3v) is 3.78. The van der Waals surface area contributed by atoms with Gasteiger partial charge in [-0.05, 0) is 49.6 Å². The topological polar surface area (TPSA) is 67.8 Å². The zero-order chi connectivity index (χ0) is 18.6. The lowest BCUT2D eigenvalue weighted by Gasteiger charge is -2.12. The van der Waals surface area contributed by atoms with Crippen molar-refractivity contribution >= 4 is 29.9 Å².